The second kappa shape index (κ2) is 7.97. The van der Waals surface area contributed by atoms with Gasteiger partial charge in [-0.1, -0.05) is 42.8 Å². The molecule has 0 radical (unpaired) electrons. The quantitative estimate of drug-likeness (QED) is 0.694. The molecule has 0 spiro atoms. The predicted octanol–water partition coefficient (Wildman–Crippen LogP) is 4.33. The zero-order valence-corrected chi connectivity index (χ0v) is 14.5. The van der Waals surface area contributed by atoms with Crippen molar-refractivity contribution in [3.8, 4) is 17.0 Å². The first-order chi connectivity index (χ1) is 12.6. The molecule has 1 atom stereocenters. The van der Waals surface area contributed by atoms with Crippen LogP contribution >= 0.6 is 11.6 Å². The summed E-state index contributed by atoms with van der Waals surface area (Å²) >= 11 is 5.87. The maximum Gasteiger partial charge on any atom is 0.266 e. The maximum atomic E-state index is 13.7. The number of rotatable bonds is 6. The lowest BCUT2D eigenvalue weighted by Crippen LogP contribution is -2.32. The Morgan fingerprint density at radius 3 is 2.65 bits per heavy atom. The Labute approximate surface area is 153 Å². The van der Waals surface area contributed by atoms with E-state index in [-0.39, 0.29) is 11.6 Å². The first-order valence-electron chi connectivity index (χ1n) is 7.89. The van der Waals surface area contributed by atoms with Crippen molar-refractivity contribution in [3.05, 3.63) is 59.4 Å². The fraction of sp³-hybridized carbons (Fsp3) is 0.167. The monoisotopic (exact) mass is 375 g/mol. The molecule has 6 nitrogen and oxygen atoms in total. The van der Waals surface area contributed by atoms with Crippen LogP contribution in [0.3, 0.4) is 0 Å². The molecule has 0 aliphatic rings. The van der Waals surface area contributed by atoms with Crippen LogP contribution in [0, 0.1) is 5.82 Å². The molecule has 2 aromatic carbocycles. The molecule has 0 aliphatic carbocycles. The van der Waals surface area contributed by atoms with Gasteiger partial charge in [0.1, 0.15) is 0 Å². The number of nitrogens with zero attached hydrogens (tertiary/aromatic N) is 2. The topological polar surface area (TPSA) is 77.2 Å². The number of carbonyl (C=O) groups is 1. The molecule has 1 amide bonds. The van der Waals surface area contributed by atoms with Crippen molar-refractivity contribution in [1.29, 1.82) is 0 Å². The largest absolute Gasteiger partial charge is 0.478 e. The van der Waals surface area contributed by atoms with Crippen molar-refractivity contribution >= 4 is 23.3 Å². The van der Waals surface area contributed by atoms with Crippen LogP contribution < -0.4 is 10.1 Å². The minimum absolute atomic E-state index is 0.00528. The van der Waals surface area contributed by atoms with Gasteiger partial charge in [-0.05, 0) is 41.0 Å². The number of halogens is 2. The van der Waals surface area contributed by atoms with Crippen molar-refractivity contribution in [3.63, 3.8) is 0 Å². The number of benzene rings is 2. The fourth-order valence-electron chi connectivity index (χ4n) is 2.28. The summed E-state index contributed by atoms with van der Waals surface area (Å²) in [5, 5.41) is 10.7. The fourth-order valence-corrected chi connectivity index (χ4v) is 2.41. The van der Waals surface area contributed by atoms with Crippen LogP contribution in [0.4, 0.5) is 10.2 Å². The first kappa shape index (κ1) is 17.9. The third kappa shape index (κ3) is 4.00. The standard InChI is InChI=1S/C18H15ClFN3O3/c1-2-14(25-15-6-4-3-5-13(15)20)18(24)21-17-16(22-26-23-17)11-7-9-12(19)10-8-11/h3-10,14H,2H2,1H3,(H,21,23,24). The van der Waals surface area contributed by atoms with E-state index in [0.717, 1.165) is 0 Å². The number of ether oxygens (including phenoxy) is 1. The van der Waals surface area contributed by atoms with E-state index in [1.807, 2.05) is 0 Å². The highest BCUT2D eigenvalue weighted by molar-refractivity contribution is 6.30. The van der Waals surface area contributed by atoms with Gasteiger partial charge in [-0.3, -0.25) is 4.79 Å². The van der Waals surface area contributed by atoms with Crippen LogP contribution in [0.15, 0.2) is 53.2 Å². The highest BCUT2D eigenvalue weighted by Gasteiger charge is 2.23. The van der Waals surface area contributed by atoms with Crippen LogP contribution in [0.2, 0.25) is 5.02 Å². The Kier molecular flexibility index (Phi) is 5.48. The number of amides is 1. The van der Waals surface area contributed by atoms with Gasteiger partial charge in [0.25, 0.3) is 5.91 Å². The van der Waals surface area contributed by atoms with Crippen molar-refractivity contribution in [2.24, 2.45) is 0 Å². The van der Waals surface area contributed by atoms with E-state index in [1.165, 1.54) is 12.1 Å². The molecular weight excluding hydrogens is 361 g/mol. The minimum atomic E-state index is -0.901. The van der Waals surface area contributed by atoms with E-state index in [1.54, 1.807) is 43.3 Å². The average Bonchev–Trinajstić information content (AvgIpc) is 3.09. The van der Waals surface area contributed by atoms with Gasteiger partial charge in [-0.15, -0.1) is 0 Å². The Morgan fingerprint density at radius 1 is 1.23 bits per heavy atom. The Hall–Kier alpha value is -2.93. The summed E-state index contributed by atoms with van der Waals surface area (Å²) in [7, 11) is 0. The number of hydrogen-bond acceptors (Lipinski definition) is 5. The lowest BCUT2D eigenvalue weighted by molar-refractivity contribution is -0.122. The van der Waals surface area contributed by atoms with Gasteiger partial charge in [0.2, 0.25) is 5.82 Å². The molecule has 1 heterocycles. The van der Waals surface area contributed by atoms with Crippen molar-refractivity contribution in [2.45, 2.75) is 19.4 Å². The van der Waals surface area contributed by atoms with Gasteiger partial charge in [0.05, 0.1) is 0 Å². The highest BCUT2D eigenvalue weighted by atomic mass is 35.5. The second-order valence-corrected chi connectivity index (χ2v) is 5.84. The van der Waals surface area contributed by atoms with Crippen LogP contribution in [0.5, 0.6) is 5.75 Å². The highest BCUT2D eigenvalue weighted by Crippen LogP contribution is 2.26. The molecule has 8 heteroatoms. The van der Waals surface area contributed by atoms with E-state index in [2.05, 4.69) is 15.6 Å². The van der Waals surface area contributed by atoms with Crippen LogP contribution in [0.25, 0.3) is 11.3 Å². The summed E-state index contributed by atoms with van der Waals surface area (Å²) in [6.07, 6.45) is -0.566. The first-order valence-corrected chi connectivity index (χ1v) is 8.26. The number of nitrogens with one attached hydrogen (secondary N) is 1. The normalized spacial score (nSPS) is 11.8. The van der Waals surface area contributed by atoms with Gasteiger partial charge in [0.15, 0.2) is 23.4 Å². The second-order valence-electron chi connectivity index (χ2n) is 5.40. The minimum Gasteiger partial charge on any atom is -0.478 e. The van der Waals surface area contributed by atoms with Crippen molar-refractivity contribution < 1.29 is 18.6 Å². The van der Waals surface area contributed by atoms with E-state index < -0.39 is 17.8 Å². The third-order valence-electron chi connectivity index (χ3n) is 3.62. The molecule has 26 heavy (non-hydrogen) atoms. The molecule has 0 saturated heterocycles. The van der Waals surface area contributed by atoms with E-state index in [4.69, 9.17) is 21.0 Å². The van der Waals surface area contributed by atoms with E-state index in [9.17, 15) is 9.18 Å². The number of hydrogen-bond donors (Lipinski definition) is 1. The SMILES string of the molecule is CCC(Oc1ccccc1F)C(=O)Nc1nonc1-c1ccc(Cl)cc1. The maximum absolute atomic E-state index is 13.7. The molecule has 1 unspecified atom stereocenters. The molecule has 134 valence electrons. The van der Waals surface area contributed by atoms with Gasteiger partial charge < -0.3 is 10.1 Å². The third-order valence-corrected chi connectivity index (χ3v) is 3.87. The molecule has 0 bridgehead atoms. The molecule has 0 saturated carbocycles. The molecule has 1 aromatic heterocycles. The van der Waals surface area contributed by atoms with Crippen molar-refractivity contribution in [2.75, 3.05) is 5.32 Å². The summed E-state index contributed by atoms with van der Waals surface area (Å²) in [6.45, 7) is 1.76. The van der Waals surface area contributed by atoms with Gasteiger partial charge in [-0.2, -0.15) is 0 Å². The summed E-state index contributed by atoms with van der Waals surface area (Å²) in [5.74, 6) is -0.871. The summed E-state index contributed by atoms with van der Waals surface area (Å²) in [4.78, 5) is 12.5. The van der Waals surface area contributed by atoms with Gasteiger partial charge in [-0.25, -0.2) is 9.02 Å². The smallest absolute Gasteiger partial charge is 0.266 e. The molecule has 3 aromatic rings. The van der Waals surface area contributed by atoms with E-state index in [0.29, 0.717) is 22.7 Å². The Balaban J connectivity index is 1.76. The summed E-state index contributed by atoms with van der Waals surface area (Å²) < 4.78 is 24.0. The lowest BCUT2D eigenvalue weighted by Gasteiger charge is -2.16. The average molecular weight is 376 g/mol. The van der Waals surface area contributed by atoms with E-state index >= 15 is 0 Å². The van der Waals surface area contributed by atoms with Crippen LogP contribution in [0.1, 0.15) is 13.3 Å². The number of anilines is 1. The zero-order chi connectivity index (χ0) is 18.5. The predicted molar refractivity (Wildman–Crippen MR) is 94.5 cm³/mol. The Morgan fingerprint density at radius 2 is 1.96 bits per heavy atom. The number of para-hydroxylation sites is 1. The van der Waals surface area contributed by atoms with Gasteiger partial charge >= 0.3 is 0 Å². The van der Waals surface area contributed by atoms with Crippen LogP contribution in [-0.4, -0.2) is 22.3 Å². The van der Waals surface area contributed by atoms with Gasteiger partial charge in [0, 0.05) is 10.6 Å². The molecule has 0 fully saturated rings. The molecular formula is C18H15ClFN3O3. The van der Waals surface area contributed by atoms with Crippen LogP contribution in [-0.2, 0) is 4.79 Å². The lowest BCUT2D eigenvalue weighted by atomic mass is 10.1. The molecule has 3 rings (SSSR count). The Bertz CT molecular complexity index is 899. The number of carbonyl (C=O) groups excluding carboxylic acids is 1. The number of aromatic nitrogens is 2. The van der Waals surface area contributed by atoms with Crippen molar-refractivity contribution in [1.82, 2.24) is 10.3 Å². The molecule has 1 N–H and O–H groups in total. The molecule has 0 aliphatic heterocycles. The zero-order valence-electron chi connectivity index (χ0n) is 13.8. The summed E-state index contributed by atoms with van der Waals surface area (Å²) in [5.41, 5.74) is 1.03. The summed E-state index contributed by atoms with van der Waals surface area (Å²) in [6, 6.07) is 12.7.